The van der Waals surface area contributed by atoms with Crippen LogP contribution in [0.4, 0.5) is 16.2 Å². The van der Waals surface area contributed by atoms with E-state index in [0.29, 0.717) is 35.0 Å². The maximum atomic E-state index is 14.3. The quantitative estimate of drug-likeness (QED) is 0.118. The second-order valence-corrected chi connectivity index (χ2v) is 12.0. The van der Waals surface area contributed by atoms with E-state index in [9.17, 15) is 14.4 Å². The van der Waals surface area contributed by atoms with Crippen LogP contribution in [0.25, 0.3) is 10.9 Å². The van der Waals surface area contributed by atoms with Gasteiger partial charge in [0.2, 0.25) is 0 Å². The smallest absolute Gasteiger partial charge is 0.342 e. The number of carbonyl (C=O) groups excluding carboxylic acids is 3. The topological polar surface area (TPSA) is 95.1 Å². The van der Waals surface area contributed by atoms with Gasteiger partial charge in [-0.3, -0.25) is 14.6 Å². The van der Waals surface area contributed by atoms with E-state index in [-0.39, 0.29) is 12.3 Å². The molecule has 6 aromatic rings. The standard InChI is InChI=1S/C40H31ClN4O4/c41-30-18-16-28(17-19-30)37(42-23-22-29-25-43-35-21-20-33(24-34(29)35)49-26-27-10-4-1-5-11-27)36-38(46)44(31-12-6-2-7-13-31)40(48)45(39(36)47)32-14-8-3-9-15-32/h1-21,24-25,36,43H,22-23,26H2. The number of hydrogen-bond acceptors (Lipinski definition) is 5. The summed E-state index contributed by atoms with van der Waals surface area (Å²) >= 11 is 6.23. The SMILES string of the molecule is O=C1C(C(=NCCc2c[nH]c3ccc(OCc4ccccc4)cc23)c2ccc(Cl)cc2)C(=O)N(c2ccccc2)C(=O)N1c1ccccc1. The van der Waals surface area contributed by atoms with Gasteiger partial charge in [-0.1, -0.05) is 90.5 Å². The van der Waals surface area contributed by atoms with E-state index in [1.54, 1.807) is 84.9 Å². The predicted molar refractivity (Wildman–Crippen MR) is 192 cm³/mol. The number of benzene rings is 5. The van der Waals surface area contributed by atoms with E-state index in [2.05, 4.69) is 4.98 Å². The average molecular weight is 667 g/mol. The molecule has 1 aromatic heterocycles. The first-order chi connectivity index (χ1) is 24.0. The number of hydrogen-bond donors (Lipinski definition) is 1. The van der Waals surface area contributed by atoms with Gasteiger partial charge < -0.3 is 9.72 Å². The summed E-state index contributed by atoms with van der Waals surface area (Å²) in [6.07, 6.45) is 2.45. The zero-order valence-electron chi connectivity index (χ0n) is 26.3. The zero-order valence-corrected chi connectivity index (χ0v) is 27.1. The van der Waals surface area contributed by atoms with Crippen molar-refractivity contribution in [1.82, 2.24) is 4.98 Å². The van der Waals surface area contributed by atoms with Gasteiger partial charge in [0.25, 0.3) is 11.8 Å². The summed E-state index contributed by atoms with van der Waals surface area (Å²) in [6.45, 7) is 0.717. The molecular weight excluding hydrogens is 636 g/mol. The van der Waals surface area contributed by atoms with Gasteiger partial charge in [0.15, 0.2) is 5.92 Å². The van der Waals surface area contributed by atoms with Crippen LogP contribution in [0.3, 0.4) is 0 Å². The number of fused-ring (bicyclic) bond motifs is 1. The van der Waals surface area contributed by atoms with Gasteiger partial charge in [0.05, 0.1) is 17.1 Å². The van der Waals surface area contributed by atoms with Gasteiger partial charge in [-0.05, 0) is 77.7 Å². The van der Waals surface area contributed by atoms with E-state index in [1.165, 1.54) is 0 Å². The van der Waals surface area contributed by atoms with Gasteiger partial charge >= 0.3 is 6.03 Å². The van der Waals surface area contributed by atoms with Crippen LogP contribution in [-0.4, -0.2) is 35.1 Å². The van der Waals surface area contributed by atoms with Crippen molar-refractivity contribution in [2.75, 3.05) is 16.3 Å². The minimum Gasteiger partial charge on any atom is -0.489 e. The molecular formula is C40H31ClN4O4. The number of para-hydroxylation sites is 2. The van der Waals surface area contributed by atoms with Gasteiger partial charge in [-0.25, -0.2) is 14.6 Å². The number of barbiturate groups is 1. The average Bonchev–Trinajstić information content (AvgIpc) is 3.54. The van der Waals surface area contributed by atoms with Crippen molar-refractivity contribution in [1.29, 1.82) is 0 Å². The lowest BCUT2D eigenvalue weighted by atomic mass is 9.91. The summed E-state index contributed by atoms with van der Waals surface area (Å²) in [5, 5.41) is 1.50. The summed E-state index contributed by atoms with van der Waals surface area (Å²) in [5.41, 5.74) is 4.57. The largest absolute Gasteiger partial charge is 0.489 e. The number of nitrogens with one attached hydrogen (secondary N) is 1. The first kappa shape index (κ1) is 31.6. The molecule has 1 N–H and O–H groups in total. The molecule has 0 bridgehead atoms. The third-order valence-electron chi connectivity index (χ3n) is 8.41. The lowest BCUT2D eigenvalue weighted by Crippen LogP contribution is -2.62. The Morgan fingerprint density at radius 1 is 0.735 bits per heavy atom. The molecule has 0 atom stereocenters. The second-order valence-electron chi connectivity index (χ2n) is 11.6. The van der Waals surface area contributed by atoms with Gasteiger partial charge in [-0.15, -0.1) is 0 Å². The fourth-order valence-corrected chi connectivity index (χ4v) is 6.10. The summed E-state index contributed by atoms with van der Waals surface area (Å²) in [5.74, 6) is -1.99. The molecule has 0 spiro atoms. The molecule has 7 rings (SSSR count). The van der Waals surface area contributed by atoms with Crippen LogP contribution in [0, 0.1) is 5.92 Å². The monoisotopic (exact) mass is 666 g/mol. The highest BCUT2D eigenvalue weighted by atomic mass is 35.5. The van der Waals surface area contributed by atoms with Crippen molar-refractivity contribution in [3.63, 3.8) is 0 Å². The van der Waals surface area contributed by atoms with Crippen molar-refractivity contribution in [3.05, 3.63) is 161 Å². The number of aliphatic imine (C=N–C) groups is 1. The molecule has 9 heteroatoms. The summed E-state index contributed by atoms with van der Waals surface area (Å²) < 4.78 is 6.08. The molecule has 1 aliphatic rings. The minimum absolute atomic E-state index is 0.257. The lowest BCUT2D eigenvalue weighted by molar-refractivity contribution is -0.129. The van der Waals surface area contributed by atoms with Crippen molar-refractivity contribution < 1.29 is 19.1 Å². The van der Waals surface area contributed by atoms with Crippen LogP contribution in [0.5, 0.6) is 5.75 Å². The van der Waals surface area contributed by atoms with E-state index in [0.717, 1.165) is 37.6 Å². The van der Waals surface area contributed by atoms with Crippen molar-refractivity contribution in [3.8, 4) is 5.75 Å². The highest BCUT2D eigenvalue weighted by molar-refractivity contribution is 6.43. The number of anilines is 2. The second kappa shape index (κ2) is 14.0. The number of imide groups is 2. The van der Waals surface area contributed by atoms with Crippen LogP contribution >= 0.6 is 11.6 Å². The number of nitrogens with zero attached hydrogens (tertiary/aromatic N) is 3. The molecule has 0 aliphatic carbocycles. The van der Waals surface area contributed by atoms with Crippen LogP contribution in [0.1, 0.15) is 16.7 Å². The number of urea groups is 1. The number of rotatable bonds is 10. The Hall–Kier alpha value is -5.99. The van der Waals surface area contributed by atoms with Crippen LogP contribution in [0.2, 0.25) is 5.02 Å². The molecule has 4 amide bonds. The fraction of sp³-hybridized carbons (Fsp3) is 0.100. The molecule has 2 heterocycles. The fourth-order valence-electron chi connectivity index (χ4n) is 5.98. The molecule has 0 radical (unpaired) electrons. The molecule has 1 aliphatic heterocycles. The first-order valence-electron chi connectivity index (χ1n) is 15.9. The summed E-state index contributed by atoms with van der Waals surface area (Å²) in [6, 6.07) is 39.2. The maximum absolute atomic E-state index is 14.3. The molecule has 1 saturated heterocycles. The molecule has 1 fully saturated rings. The lowest BCUT2D eigenvalue weighted by Gasteiger charge is -2.37. The number of amides is 4. The maximum Gasteiger partial charge on any atom is 0.342 e. The highest BCUT2D eigenvalue weighted by Gasteiger charge is 2.49. The van der Waals surface area contributed by atoms with Gasteiger partial charge in [0.1, 0.15) is 12.4 Å². The Morgan fingerprint density at radius 3 is 1.94 bits per heavy atom. The number of carbonyl (C=O) groups is 3. The molecule has 242 valence electrons. The van der Waals surface area contributed by atoms with Crippen LogP contribution < -0.4 is 14.5 Å². The van der Waals surface area contributed by atoms with Gasteiger partial charge in [0, 0.05) is 28.7 Å². The molecule has 0 saturated carbocycles. The predicted octanol–water partition coefficient (Wildman–Crippen LogP) is 8.25. The highest BCUT2D eigenvalue weighted by Crippen LogP contribution is 2.31. The Bertz CT molecular complexity index is 2090. The third-order valence-corrected chi connectivity index (χ3v) is 8.66. The summed E-state index contributed by atoms with van der Waals surface area (Å²) in [7, 11) is 0. The Kier molecular flexibility index (Phi) is 9.04. The Morgan fingerprint density at radius 2 is 1.33 bits per heavy atom. The van der Waals surface area contributed by atoms with Crippen LogP contribution in [-0.2, 0) is 22.6 Å². The molecule has 49 heavy (non-hydrogen) atoms. The Labute approximate surface area is 288 Å². The number of ether oxygens (including phenoxy) is 1. The third kappa shape index (κ3) is 6.59. The molecule has 5 aromatic carbocycles. The number of halogens is 1. The first-order valence-corrected chi connectivity index (χ1v) is 16.2. The van der Waals surface area contributed by atoms with Gasteiger partial charge in [-0.2, -0.15) is 0 Å². The van der Waals surface area contributed by atoms with Crippen molar-refractivity contribution >= 4 is 57.4 Å². The number of aromatic nitrogens is 1. The number of aromatic amines is 1. The van der Waals surface area contributed by atoms with E-state index >= 15 is 0 Å². The minimum atomic E-state index is -1.39. The number of H-pyrrole nitrogens is 1. The summed E-state index contributed by atoms with van der Waals surface area (Å²) in [4.78, 5) is 52.9. The Balaban J connectivity index is 1.23. The molecule has 8 nitrogen and oxygen atoms in total. The van der Waals surface area contributed by atoms with Crippen LogP contribution in [0.15, 0.2) is 145 Å². The molecule has 0 unspecified atom stereocenters. The van der Waals surface area contributed by atoms with Crippen molar-refractivity contribution in [2.45, 2.75) is 13.0 Å². The van der Waals surface area contributed by atoms with E-state index in [4.69, 9.17) is 21.3 Å². The van der Waals surface area contributed by atoms with Crippen molar-refractivity contribution in [2.24, 2.45) is 10.9 Å². The van der Waals surface area contributed by atoms with E-state index < -0.39 is 23.8 Å². The zero-order chi connectivity index (χ0) is 33.7. The normalized spacial score (nSPS) is 14.1. The van der Waals surface area contributed by atoms with E-state index in [1.807, 2.05) is 54.7 Å².